The Morgan fingerprint density at radius 2 is 1.96 bits per heavy atom. The molecule has 0 saturated carbocycles. The Bertz CT molecular complexity index is 991. The molecule has 0 aliphatic carbocycles. The van der Waals surface area contributed by atoms with Crippen molar-refractivity contribution in [2.24, 2.45) is 0 Å². The van der Waals surface area contributed by atoms with Crippen LogP contribution in [0.2, 0.25) is 5.02 Å². The summed E-state index contributed by atoms with van der Waals surface area (Å²) >= 11 is 7.26. The topological polar surface area (TPSA) is 59.5 Å². The third kappa shape index (κ3) is 5.15. The molecule has 0 bridgehead atoms. The van der Waals surface area contributed by atoms with Gasteiger partial charge in [0.15, 0.2) is 12.3 Å². The number of amides is 1. The van der Waals surface area contributed by atoms with E-state index in [2.05, 4.69) is 4.98 Å². The van der Waals surface area contributed by atoms with Crippen molar-refractivity contribution in [3.05, 3.63) is 76.0 Å². The summed E-state index contributed by atoms with van der Waals surface area (Å²) in [6.07, 6.45) is 0. The molecule has 0 aliphatic heterocycles. The van der Waals surface area contributed by atoms with Crippen LogP contribution >= 0.6 is 22.9 Å². The predicted molar refractivity (Wildman–Crippen MR) is 106 cm³/mol. The fourth-order valence-electron chi connectivity index (χ4n) is 2.38. The number of hydrogen-bond acceptors (Lipinski definition) is 5. The van der Waals surface area contributed by atoms with Crippen LogP contribution in [0, 0.1) is 5.82 Å². The van der Waals surface area contributed by atoms with Gasteiger partial charge in [0.25, 0.3) is 5.91 Å². The van der Waals surface area contributed by atoms with E-state index in [-0.39, 0.29) is 24.0 Å². The molecule has 0 aliphatic rings. The Morgan fingerprint density at radius 3 is 2.68 bits per heavy atom. The number of aromatic nitrogens is 1. The van der Waals surface area contributed by atoms with Crippen molar-refractivity contribution >= 4 is 34.8 Å². The Kier molecular flexibility index (Phi) is 6.38. The molecule has 3 aromatic rings. The van der Waals surface area contributed by atoms with Gasteiger partial charge in [-0.25, -0.2) is 14.2 Å². The van der Waals surface area contributed by atoms with Crippen molar-refractivity contribution in [3.63, 3.8) is 0 Å². The van der Waals surface area contributed by atoms with Gasteiger partial charge >= 0.3 is 5.97 Å². The van der Waals surface area contributed by atoms with Crippen molar-refractivity contribution in [1.29, 1.82) is 0 Å². The number of carbonyl (C=O) groups excluding carboxylic acids is 2. The van der Waals surface area contributed by atoms with Gasteiger partial charge in [-0.15, -0.1) is 11.3 Å². The standard InChI is InChI=1S/C20H16ClFN2O3S/c1-24(10-13-5-7-16(22)8-6-13)18(25)11-27-20(26)17-12-28-19(23-17)14-3-2-4-15(21)9-14/h2-9,12H,10-11H2,1H3. The SMILES string of the molecule is CN(Cc1ccc(F)cc1)C(=O)COC(=O)c1csc(-c2cccc(Cl)c2)n1. The van der Waals surface area contributed by atoms with E-state index in [9.17, 15) is 14.0 Å². The third-order valence-electron chi connectivity index (χ3n) is 3.87. The van der Waals surface area contributed by atoms with E-state index in [1.54, 1.807) is 42.8 Å². The van der Waals surface area contributed by atoms with Gasteiger partial charge in [-0.2, -0.15) is 0 Å². The van der Waals surface area contributed by atoms with Crippen molar-refractivity contribution in [2.75, 3.05) is 13.7 Å². The number of nitrogens with zero attached hydrogens (tertiary/aromatic N) is 2. The second kappa shape index (κ2) is 8.95. The van der Waals surface area contributed by atoms with Crippen LogP contribution in [0.5, 0.6) is 0 Å². The van der Waals surface area contributed by atoms with Gasteiger partial charge in [0.1, 0.15) is 10.8 Å². The van der Waals surface area contributed by atoms with Gasteiger partial charge in [-0.3, -0.25) is 4.79 Å². The number of rotatable bonds is 6. The monoisotopic (exact) mass is 418 g/mol. The molecule has 28 heavy (non-hydrogen) atoms. The highest BCUT2D eigenvalue weighted by Gasteiger charge is 2.17. The first-order valence-electron chi connectivity index (χ1n) is 8.29. The second-order valence-corrected chi connectivity index (χ2v) is 7.30. The third-order valence-corrected chi connectivity index (χ3v) is 5.00. The molecular formula is C20H16ClFN2O3S. The average molecular weight is 419 g/mol. The number of benzene rings is 2. The van der Waals surface area contributed by atoms with Crippen LogP contribution in [-0.2, 0) is 16.1 Å². The quantitative estimate of drug-likeness (QED) is 0.556. The van der Waals surface area contributed by atoms with E-state index in [4.69, 9.17) is 16.3 Å². The van der Waals surface area contributed by atoms with Crippen LogP contribution in [0.15, 0.2) is 53.9 Å². The fourth-order valence-corrected chi connectivity index (χ4v) is 3.36. The van der Waals surface area contributed by atoms with Crippen LogP contribution in [0.3, 0.4) is 0 Å². The van der Waals surface area contributed by atoms with Crippen LogP contribution in [-0.4, -0.2) is 35.4 Å². The summed E-state index contributed by atoms with van der Waals surface area (Å²) in [5.41, 5.74) is 1.70. The number of hydrogen-bond donors (Lipinski definition) is 0. The first kappa shape index (κ1) is 20.0. The first-order valence-corrected chi connectivity index (χ1v) is 9.55. The number of halogens is 2. The molecule has 0 N–H and O–H groups in total. The Labute approximate surface area is 170 Å². The second-order valence-electron chi connectivity index (χ2n) is 6.00. The molecule has 0 fully saturated rings. The Hall–Kier alpha value is -2.77. The molecule has 5 nitrogen and oxygen atoms in total. The molecule has 0 atom stereocenters. The van der Waals surface area contributed by atoms with Crippen molar-refractivity contribution < 1.29 is 18.7 Å². The summed E-state index contributed by atoms with van der Waals surface area (Å²) in [5.74, 6) is -1.39. The minimum absolute atomic E-state index is 0.133. The van der Waals surface area contributed by atoms with Gasteiger partial charge in [0, 0.05) is 29.6 Å². The molecule has 1 heterocycles. The number of likely N-dealkylation sites (N-methyl/N-ethyl adjacent to an activating group) is 1. The van der Waals surface area contributed by atoms with Crippen molar-refractivity contribution in [2.45, 2.75) is 6.54 Å². The molecule has 0 unspecified atom stereocenters. The maximum Gasteiger partial charge on any atom is 0.358 e. The van der Waals surface area contributed by atoms with Crippen molar-refractivity contribution in [1.82, 2.24) is 9.88 Å². The number of ether oxygens (including phenoxy) is 1. The predicted octanol–water partition coefficient (Wildman–Crippen LogP) is 4.42. The van der Waals surface area contributed by atoms with Gasteiger partial charge in [0.05, 0.1) is 0 Å². The summed E-state index contributed by atoms with van der Waals surface area (Å²) in [6, 6.07) is 13.0. The highest BCUT2D eigenvalue weighted by molar-refractivity contribution is 7.13. The zero-order valence-corrected chi connectivity index (χ0v) is 16.5. The lowest BCUT2D eigenvalue weighted by molar-refractivity contribution is -0.133. The average Bonchev–Trinajstić information content (AvgIpc) is 3.18. The largest absolute Gasteiger partial charge is 0.451 e. The molecule has 0 radical (unpaired) electrons. The number of esters is 1. The number of thiazole rings is 1. The zero-order valence-electron chi connectivity index (χ0n) is 14.9. The maximum absolute atomic E-state index is 12.9. The van der Waals surface area contributed by atoms with Gasteiger partial charge in [-0.1, -0.05) is 35.9 Å². The summed E-state index contributed by atoms with van der Waals surface area (Å²) in [4.78, 5) is 30.0. The fraction of sp³-hybridized carbons (Fsp3) is 0.150. The normalized spacial score (nSPS) is 10.5. The zero-order chi connectivity index (χ0) is 20.1. The minimum atomic E-state index is -0.673. The van der Waals surface area contributed by atoms with Gasteiger partial charge in [-0.05, 0) is 29.8 Å². The summed E-state index contributed by atoms with van der Waals surface area (Å²) < 4.78 is 18.0. The van der Waals surface area contributed by atoms with Crippen LogP contribution in [0.25, 0.3) is 10.6 Å². The summed E-state index contributed by atoms with van der Waals surface area (Å²) in [7, 11) is 1.58. The Balaban J connectivity index is 1.55. The highest BCUT2D eigenvalue weighted by Crippen LogP contribution is 2.26. The molecule has 1 aromatic heterocycles. The van der Waals surface area contributed by atoms with E-state index >= 15 is 0 Å². The Morgan fingerprint density at radius 1 is 1.21 bits per heavy atom. The molecule has 0 saturated heterocycles. The molecular weight excluding hydrogens is 403 g/mol. The molecule has 0 spiro atoms. The van der Waals surface area contributed by atoms with Gasteiger partial charge in [0.2, 0.25) is 0 Å². The minimum Gasteiger partial charge on any atom is -0.451 e. The molecule has 8 heteroatoms. The maximum atomic E-state index is 12.9. The smallest absolute Gasteiger partial charge is 0.358 e. The van der Waals surface area contributed by atoms with Gasteiger partial charge < -0.3 is 9.64 Å². The summed E-state index contributed by atoms with van der Waals surface area (Å²) in [6.45, 7) is -0.118. The molecule has 144 valence electrons. The van der Waals surface area contributed by atoms with E-state index in [0.29, 0.717) is 10.0 Å². The highest BCUT2D eigenvalue weighted by atomic mass is 35.5. The lowest BCUT2D eigenvalue weighted by Gasteiger charge is -2.17. The van der Waals surface area contributed by atoms with Crippen LogP contribution in [0.4, 0.5) is 4.39 Å². The number of carbonyl (C=O) groups is 2. The summed E-state index contributed by atoms with van der Waals surface area (Å²) in [5, 5.41) is 2.78. The van der Waals surface area contributed by atoms with Crippen LogP contribution < -0.4 is 0 Å². The van der Waals surface area contributed by atoms with Crippen molar-refractivity contribution in [3.8, 4) is 10.6 Å². The van der Waals surface area contributed by atoms with E-state index in [0.717, 1.165) is 11.1 Å². The molecule has 3 rings (SSSR count). The lowest BCUT2D eigenvalue weighted by atomic mass is 10.2. The van der Waals surface area contributed by atoms with E-state index in [1.165, 1.54) is 28.4 Å². The molecule has 1 amide bonds. The van der Waals surface area contributed by atoms with E-state index in [1.807, 2.05) is 6.07 Å². The van der Waals surface area contributed by atoms with E-state index < -0.39 is 12.6 Å². The first-order chi connectivity index (χ1) is 13.4. The molecule has 2 aromatic carbocycles. The lowest BCUT2D eigenvalue weighted by Crippen LogP contribution is -2.30. The van der Waals surface area contributed by atoms with Crippen LogP contribution in [0.1, 0.15) is 16.1 Å².